The molecule has 2 aliphatic rings. The lowest BCUT2D eigenvalue weighted by Crippen LogP contribution is -2.57. The number of fused-ring (bicyclic) bond motifs is 1. The third-order valence-corrected chi connectivity index (χ3v) is 7.15. The standard InChI is InChI=1S/C25H44N4O7/c1-24(2,3)36-23(34)28-16(11-9-13-30)21(32)29-14-15-18(25(15,4)5)19(29)20(31)27-17(22(33)35-6)10-7-8-12-26/h15-19,30H,7-14,26H2,1-6H3,(H,27,31)(H,28,34)/t15-,16-,17?,18-,19-/m0/s1. The lowest BCUT2D eigenvalue weighted by Gasteiger charge is -2.34. The van der Waals surface area contributed by atoms with E-state index in [0.717, 1.165) is 0 Å². The summed E-state index contributed by atoms with van der Waals surface area (Å²) in [5.74, 6) is -1.30. The van der Waals surface area contributed by atoms with Crippen molar-refractivity contribution in [2.24, 2.45) is 23.0 Å². The normalized spacial score (nSPS) is 23.8. The summed E-state index contributed by atoms with van der Waals surface area (Å²) >= 11 is 0. The van der Waals surface area contributed by atoms with E-state index >= 15 is 0 Å². The third kappa shape index (κ3) is 7.32. The second-order valence-corrected chi connectivity index (χ2v) is 11.3. The number of aliphatic hydroxyl groups is 1. The van der Waals surface area contributed by atoms with Gasteiger partial charge in [0.15, 0.2) is 0 Å². The van der Waals surface area contributed by atoms with Crippen LogP contribution in [0.15, 0.2) is 0 Å². The number of nitrogens with zero attached hydrogens (tertiary/aromatic N) is 1. The zero-order valence-electron chi connectivity index (χ0n) is 22.5. The molecule has 2 fully saturated rings. The van der Waals surface area contributed by atoms with Crippen molar-refractivity contribution in [2.45, 2.75) is 90.4 Å². The van der Waals surface area contributed by atoms with Gasteiger partial charge < -0.3 is 35.8 Å². The van der Waals surface area contributed by atoms with Gasteiger partial charge in [0.25, 0.3) is 0 Å². The first-order valence-electron chi connectivity index (χ1n) is 12.8. The number of rotatable bonds is 12. The molecule has 5 atom stereocenters. The second-order valence-electron chi connectivity index (χ2n) is 11.3. The molecule has 1 saturated heterocycles. The van der Waals surface area contributed by atoms with Gasteiger partial charge in [0.1, 0.15) is 23.7 Å². The minimum atomic E-state index is -0.955. The van der Waals surface area contributed by atoms with Gasteiger partial charge >= 0.3 is 12.1 Å². The molecule has 1 saturated carbocycles. The van der Waals surface area contributed by atoms with Gasteiger partial charge in [0.2, 0.25) is 11.8 Å². The SMILES string of the molecule is COC(=O)C(CCCCN)NC(=O)[C@@H]1[C@@H]2[C@H](CN1C(=O)[C@H](CCCO)NC(=O)OC(C)(C)C)C2(C)C. The van der Waals surface area contributed by atoms with Crippen LogP contribution in [0.4, 0.5) is 4.79 Å². The molecule has 0 aromatic heterocycles. The highest BCUT2D eigenvalue weighted by Gasteiger charge is 2.69. The van der Waals surface area contributed by atoms with Crippen LogP contribution >= 0.6 is 0 Å². The fraction of sp³-hybridized carbons (Fsp3) is 0.840. The summed E-state index contributed by atoms with van der Waals surface area (Å²) in [5, 5.41) is 14.7. The number of carbonyl (C=O) groups is 4. The molecule has 11 nitrogen and oxygen atoms in total. The lowest BCUT2D eigenvalue weighted by molar-refractivity contribution is -0.147. The van der Waals surface area contributed by atoms with Crippen molar-refractivity contribution in [3.05, 3.63) is 0 Å². The van der Waals surface area contributed by atoms with Crippen molar-refractivity contribution >= 4 is 23.9 Å². The van der Waals surface area contributed by atoms with Crippen LogP contribution in [-0.4, -0.2) is 84.4 Å². The van der Waals surface area contributed by atoms with Gasteiger partial charge in [-0.2, -0.15) is 0 Å². The Balaban J connectivity index is 2.22. The van der Waals surface area contributed by atoms with Crippen molar-refractivity contribution < 1.29 is 33.8 Å². The Morgan fingerprint density at radius 1 is 1.08 bits per heavy atom. The van der Waals surface area contributed by atoms with Crippen molar-refractivity contribution in [3.63, 3.8) is 0 Å². The molecular weight excluding hydrogens is 468 g/mol. The van der Waals surface area contributed by atoms with Gasteiger partial charge in [-0.05, 0) is 76.7 Å². The number of hydrogen-bond acceptors (Lipinski definition) is 8. The minimum absolute atomic E-state index is 0.0659. The van der Waals surface area contributed by atoms with Crippen molar-refractivity contribution in [3.8, 4) is 0 Å². The molecule has 1 aliphatic carbocycles. The zero-order valence-corrected chi connectivity index (χ0v) is 22.5. The van der Waals surface area contributed by atoms with Gasteiger partial charge in [-0.3, -0.25) is 9.59 Å². The molecule has 206 valence electrons. The van der Waals surface area contributed by atoms with Gasteiger partial charge in [-0.1, -0.05) is 13.8 Å². The molecule has 0 aromatic rings. The Hall–Kier alpha value is -2.40. The first-order valence-corrected chi connectivity index (χ1v) is 12.8. The van der Waals surface area contributed by atoms with Crippen molar-refractivity contribution in [1.82, 2.24) is 15.5 Å². The molecule has 1 heterocycles. The van der Waals surface area contributed by atoms with E-state index in [4.69, 9.17) is 15.2 Å². The predicted octanol–water partition coefficient (Wildman–Crippen LogP) is 0.922. The molecule has 36 heavy (non-hydrogen) atoms. The van der Waals surface area contributed by atoms with E-state index in [2.05, 4.69) is 24.5 Å². The highest BCUT2D eigenvalue weighted by Crippen LogP contribution is 2.64. The highest BCUT2D eigenvalue weighted by atomic mass is 16.6. The number of ether oxygens (including phenoxy) is 2. The summed E-state index contributed by atoms with van der Waals surface area (Å²) in [5.41, 5.74) is 4.68. The minimum Gasteiger partial charge on any atom is -0.467 e. The van der Waals surface area contributed by atoms with E-state index in [9.17, 15) is 24.3 Å². The molecule has 11 heteroatoms. The van der Waals surface area contributed by atoms with Crippen LogP contribution in [0.5, 0.6) is 0 Å². The van der Waals surface area contributed by atoms with Crippen LogP contribution in [0.2, 0.25) is 0 Å². The Morgan fingerprint density at radius 2 is 1.72 bits per heavy atom. The maximum absolute atomic E-state index is 13.6. The summed E-state index contributed by atoms with van der Waals surface area (Å²) in [7, 11) is 1.27. The summed E-state index contributed by atoms with van der Waals surface area (Å²) < 4.78 is 10.2. The van der Waals surface area contributed by atoms with E-state index < -0.39 is 47.6 Å². The number of aliphatic hydroxyl groups excluding tert-OH is 1. The average molecular weight is 513 g/mol. The molecule has 0 aromatic carbocycles. The molecule has 0 radical (unpaired) electrons. The molecule has 1 aliphatic heterocycles. The van der Waals surface area contributed by atoms with Crippen LogP contribution in [0.25, 0.3) is 0 Å². The average Bonchev–Trinajstić information content (AvgIpc) is 3.12. The summed E-state index contributed by atoms with van der Waals surface area (Å²) in [4.78, 5) is 53.4. The maximum atomic E-state index is 13.6. The number of unbranched alkanes of at least 4 members (excludes halogenated alkanes) is 1. The smallest absolute Gasteiger partial charge is 0.408 e. The topological polar surface area (TPSA) is 160 Å². The Bertz CT molecular complexity index is 811. The summed E-state index contributed by atoms with van der Waals surface area (Å²) in [6.07, 6.45) is 1.48. The van der Waals surface area contributed by atoms with Crippen molar-refractivity contribution in [2.75, 3.05) is 26.8 Å². The highest BCUT2D eigenvalue weighted by molar-refractivity contribution is 5.94. The first-order chi connectivity index (χ1) is 16.8. The van der Waals surface area contributed by atoms with E-state index in [1.807, 2.05) is 0 Å². The van der Waals surface area contributed by atoms with Crippen molar-refractivity contribution in [1.29, 1.82) is 0 Å². The molecule has 1 unspecified atom stereocenters. The predicted molar refractivity (Wildman–Crippen MR) is 133 cm³/mol. The van der Waals surface area contributed by atoms with Crippen LogP contribution in [0, 0.1) is 17.3 Å². The third-order valence-electron chi connectivity index (χ3n) is 7.15. The lowest BCUT2D eigenvalue weighted by atomic mass is 9.98. The number of likely N-dealkylation sites (tertiary alicyclic amines) is 1. The number of carbonyl (C=O) groups excluding carboxylic acids is 4. The van der Waals surface area contributed by atoms with E-state index in [-0.39, 0.29) is 30.3 Å². The monoisotopic (exact) mass is 512 g/mol. The number of nitrogens with two attached hydrogens (primary N) is 1. The number of esters is 1. The Kier molecular flexibility index (Phi) is 10.1. The van der Waals surface area contributed by atoms with Crippen LogP contribution in [-0.2, 0) is 23.9 Å². The van der Waals surface area contributed by atoms with Crippen LogP contribution in [0.3, 0.4) is 0 Å². The molecule has 0 bridgehead atoms. The quantitative estimate of drug-likeness (QED) is 0.222. The Morgan fingerprint density at radius 3 is 2.28 bits per heavy atom. The largest absolute Gasteiger partial charge is 0.467 e. The van der Waals surface area contributed by atoms with E-state index in [0.29, 0.717) is 38.8 Å². The fourth-order valence-electron chi connectivity index (χ4n) is 5.16. The number of alkyl carbamates (subject to hydrolysis) is 1. The molecular formula is C25H44N4O7. The Labute approximate surface area is 213 Å². The number of hydrogen-bond donors (Lipinski definition) is 4. The molecule has 5 N–H and O–H groups in total. The number of nitrogens with one attached hydrogen (secondary N) is 2. The second kappa shape index (κ2) is 12.2. The van der Waals surface area contributed by atoms with E-state index in [1.165, 1.54) is 12.0 Å². The molecule has 0 spiro atoms. The van der Waals surface area contributed by atoms with E-state index in [1.54, 1.807) is 20.8 Å². The fourth-order valence-corrected chi connectivity index (χ4v) is 5.16. The zero-order chi connectivity index (χ0) is 27.3. The number of amides is 3. The number of piperidine rings is 1. The van der Waals surface area contributed by atoms with Crippen LogP contribution in [0.1, 0.15) is 66.7 Å². The summed E-state index contributed by atoms with van der Waals surface area (Å²) in [6, 6.07) is -2.57. The van der Waals surface area contributed by atoms with Gasteiger partial charge in [0, 0.05) is 13.2 Å². The molecule has 3 amide bonds. The maximum Gasteiger partial charge on any atom is 0.408 e. The van der Waals surface area contributed by atoms with Gasteiger partial charge in [-0.15, -0.1) is 0 Å². The number of methoxy groups -OCH3 is 1. The molecule has 2 rings (SSSR count). The first kappa shape index (κ1) is 29.8. The van der Waals surface area contributed by atoms with Gasteiger partial charge in [-0.25, -0.2) is 9.59 Å². The van der Waals surface area contributed by atoms with Crippen LogP contribution < -0.4 is 16.4 Å². The summed E-state index contributed by atoms with van der Waals surface area (Å²) in [6.45, 7) is 9.99. The van der Waals surface area contributed by atoms with Gasteiger partial charge in [0.05, 0.1) is 7.11 Å².